The van der Waals surface area contributed by atoms with Crippen LogP contribution in [0.25, 0.3) is 11.1 Å². The lowest BCUT2D eigenvalue weighted by Crippen LogP contribution is -2.23. The van der Waals surface area contributed by atoms with Gasteiger partial charge < -0.3 is 9.64 Å². The first-order chi connectivity index (χ1) is 13.4. The Bertz CT molecular complexity index is 1030. The Morgan fingerprint density at radius 3 is 2.25 bits per heavy atom. The van der Waals surface area contributed by atoms with Gasteiger partial charge in [-0.15, -0.1) is 0 Å². The van der Waals surface area contributed by atoms with Crippen LogP contribution in [0.15, 0.2) is 66.7 Å². The summed E-state index contributed by atoms with van der Waals surface area (Å²) in [6.07, 6.45) is 0. The van der Waals surface area contributed by atoms with E-state index in [0.717, 1.165) is 12.1 Å². The van der Waals surface area contributed by atoms with E-state index in [1.165, 1.54) is 29.2 Å². The summed E-state index contributed by atoms with van der Waals surface area (Å²) >= 11 is 0. The fraction of sp³-hybridized carbons (Fsp3) is 0.0909. The molecular weight excluding hydrogens is 364 g/mol. The molecule has 0 saturated heterocycles. The number of halogens is 2. The van der Waals surface area contributed by atoms with Crippen LogP contribution in [0.4, 0.5) is 8.78 Å². The number of esters is 1. The molecule has 142 valence electrons. The summed E-state index contributed by atoms with van der Waals surface area (Å²) in [6.45, 7) is 0. The average molecular weight is 381 g/mol. The SMILES string of the molecule is CN(C)C(=O)c1cc(-c2ccc(F)cc2F)ccc1OC(=O)c1ccccc1. The van der Waals surface area contributed by atoms with Crippen LogP contribution in [0.3, 0.4) is 0 Å². The molecule has 0 aliphatic rings. The van der Waals surface area contributed by atoms with E-state index in [2.05, 4.69) is 0 Å². The van der Waals surface area contributed by atoms with Gasteiger partial charge in [0, 0.05) is 25.7 Å². The van der Waals surface area contributed by atoms with Gasteiger partial charge in [0.25, 0.3) is 5.91 Å². The van der Waals surface area contributed by atoms with Gasteiger partial charge in [-0.3, -0.25) is 4.79 Å². The van der Waals surface area contributed by atoms with E-state index in [0.29, 0.717) is 11.1 Å². The Labute approximate surface area is 161 Å². The van der Waals surface area contributed by atoms with Crippen LogP contribution in [0, 0.1) is 11.6 Å². The van der Waals surface area contributed by atoms with Crippen molar-refractivity contribution in [3.63, 3.8) is 0 Å². The average Bonchev–Trinajstić information content (AvgIpc) is 2.68. The number of carbonyl (C=O) groups excluding carboxylic acids is 2. The Morgan fingerprint density at radius 1 is 0.893 bits per heavy atom. The summed E-state index contributed by atoms with van der Waals surface area (Å²) in [4.78, 5) is 26.3. The van der Waals surface area contributed by atoms with Crippen molar-refractivity contribution in [2.24, 2.45) is 0 Å². The fourth-order valence-electron chi connectivity index (χ4n) is 2.65. The van der Waals surface area contributed by atoms with Gasteiger partial charge in [0.05, 0.1) is 11.1 Å². The van der Waals surface area contributed by atoms with E-state index in [1.807, 2.05) is 0 Å². The van der Waals surface area contributed by atoms with Crippen LogP contribution in [0.2, 0.25) is 0 Å². The topological polar surface area (TPSA) is 46.6 Å². The van der Waals surface area contributed by atoms with E-state index < -0.39 is 23.5 Å². The summed E-state index contributed by atoms with van der Waals surface area (Å²) in [7, 11) is 3.10. The summed E-state index contributed by atoms with van der Waals surface area (Å²) in [5.74, 6) is -2.43. The van der Waals surface area contributed by atoms with Crippen molar-refractivity contribution in [1.29, 1.82) is 0 Å². The molecule has 0 aliphatic heterocycles. The highest BCUT2D eigenvalue weighted by Gasteiger charge is 2.20. The maximum Gasteiger partial charge on any atom is 0.343 e. The molecule has 0 N–H and O–H groups in total. The van der Waals surface area contributed by atoms with Gasteiger partial charge in [-0.2, -0.15) is 0 Å². The van der Waals surface area contributed by atoms with E-state index in [4.69, 9.17) is 4.74 Å². The first-order valence-electron chi connectivity index (χ1n) is 8.45. The highest BCUT2D eigenvalue weighted by atomic mass is 19.1. The molecular formula is C22H17F2NO3. The molecule has 3 aromatic carbocycles. The van der Waals surface area contributed by atoms with Gasteiger partial charge in [0.15, 0.2) is 0 Å². The number of amides is 1. The van der Waals surface area contributed by atoms with Crippen LogP contribution >= 0.6 is 0 Å². The van der Waals surface area contributed by atoms with Crippen molar-refractivity contribution >= 4 is 11.9 Å². The van der Waals surface area contributed by atoms with Crippen LogP contribution in [0.1, 0.15) is 20.7 Å². The number of benzene rings is 3. The quantitative estimate of drug-likeness (QED) is 0.492. The number of hydrogen-bond donors (Lipinski definition) is 0. The number of carbonyl (C=O) groups is 2. The number of nitrogens with zero attached hydrogens (tertiary/aromatic N) is 1. The zero-order valence-corrected chi connectivity index (χ0v) is 15.3. The van der Waals surface area contributed by atoms with E-state index in [1.54, 1.807) is 44.4 Å². The van der Waals surface area contributed by atoms with Crippen LogP contribution in [0.5, 0.6) is 5.75 Å². The summed E-state index contributed by atoms with van der Waals surface area (Å²) in [5.41, 5.74) is 0.923. The second kappa shape index (κ2) is 8.00. The molecule has 6 heteroatoms. The molecule has 1 amide bonds. The van der Waals surface area contributed by atoms with Crippen molar-refractivity contribution < 1.29 is 23.1 Å². The maximum absolute atomic E-state index is 14.1. The van der Waals surface area contributed by atoms with Gasteiger partial charge in [-0.25, -0.2) is 13.6 Å². The molecule has 4 nitrogen and oxygen atoms in total. The molecule has 0 radical (unpaired) electrons. The number of hydrogen-bond acceptors (Lipinski definition) is 3. The predicted octanol–water partition coefficient (Wildman–Crippen LogP) is 4.55. The van der Waals surface area contributed by atoms with Crippen LogP contribution < -0.4 is 4.74 Å². The molecule has 0 bridgehead atoms. The van der Waals surface area contributed by atoms with Crippen LogP contribution in [-0.2, 0) is 0 Å². The molecule has 0 saturated carbocycles. The molecule has 0 heterocycles. The first-order valence-corrected chi connectivity index (χ1v) is 8.45. The summed E-state index contributed by atoms with van der Waals surface area (Å²) in [6, 6.07) is 15.9. The third kappa shape index (κ3) is 4.06. The molecule has 0 aromatic heterocycles. The van der Waals surface area contributed by atoms with Crippen molar-refractivity contribution in [2.45, 2.75) is 0 Å². The van der Waals surface area contributed by atoms with Gasteiger partial charge in [-0.05, 0) is 42.0 Å². The first kappa shape index (κ1) is 19.2. The van der Waals surface area contributed by atoms with Gasteiger partial charge in [-0.1, -0.05) is 24.3 Å². The lowest BCUT2D eigenvalue weighted by atomic mass is 10.0. The predicted molar refractivity (Wildman–Crippen MR) is 101 cm³/mol. The van der Waals surface area contributed by atoms with Gasteiger partial charge in [0.2, 0.25) is 0 Å². The monoisotopic (exact) mass is 381 g/mol. The van der Waals surface area contributed by atoms with E-state index in [9.17, 15) is 18.4 Å². The second-order valence-electron chi connectivity index (χ2n) is 6.29. The standard InChI is InChI=1S/C22H17F2NO3/c1-25(2)21(26)18-12-15(17-10-9-16(23)13-19(17)24)8-11-20(18)28-22(27)14-6-4-3-5-7-14/h3-13H,1-2H3. The minimum atomic E-state index is -0.753. The molecule has 3 aromatic rings. The second-order valence-corrected chi connectivity index (χ2v) is 6.29. The lowest BCUT2D eigenvalue weighted by molar-refractivity contribution is 0.0727. The van der Waals surface area contributed by atoms with Crippen molar-refractivity contribution in [3.05, 3.63) is 89.5 Å². The highest BCUT2D eigenvalue weighted by Crippen LogP contribution is 2.30. The number of ether oxygens (including phenoxy) is 1. The normalized spacial score (nSPS) is 10.4. The lowest BCUT2D eigenvalue weighted by Gasteiger charge is -2.16. The number of rotatable bonds is 4. The fourth-order valence-corrected chi connectivity index (χ4v) is 2.65. The van der Waals surface area contributed by atoms with Gasteiger partial charge >= 0.3 is 5.97 Å². The summed E-state index contributed by atoms with van der Waals surface area (Å²) in [5, 5.41) is 0. The maximum atomic E-state index is 14.1. The third-order valence-electron chi connectivity index (χ3n) is 4.07. The minimum absolute atomic E-state index is 0.0545. The Morgan fingerprint density at radius 2 is 1.61 bits per heavy atom. The van der Waals surface area contributed by atoms with E-state index >= 15 is 0 Å². The molecule has 28 heavy (non-hydrogen) atoms. The Kier molecular flexibility index (Phi) is 5.49. The Balaban J connectivity index is 2.03. The largest absolute Gasteiger partial charge is 0.422 e. The van der Waals surface area contributed by atoms with Crippen LogP contribution in [-0.4, -0.2) is 30.9 Å². The van der Waals surface area contributed by atoms with E-state index in [-0.39, 0.29) is 16.9 Å². The minimum Gasteiger partial charge on any atom is -0.422 e. The molecule has 0 aliphatic carbocycles. The zero-order chi connectivity index (χ0) is 20.3. The van der Waals surface area contributed by atoms with Crippen molar-refractivity contribution in [2.75, 3.05) is 14.1 Å². The van der Waals surface area contributed by atoms with Crippen molar-refractivity contribution in [1.82, 2.24) is 4.90 Å². The van der Waals surface area contributed by atoms with Crippen molar-refractivity contribution in [3.8, 4) is 16.9 Å². The highest BCUT2D eigenvalue weighted by molar-refractivity contribution is 6.00. The zero-order valence-electron chi connectivity index (χ0n) is 15.3. The molecule has 0 spiro atoms. The molecule has 0 unspecified atom stereocenters. The Hall–Kier alpha value is -3.54. The smallest absolute Gasteiger partial charge is 0.343 e. The molecule has 0 fully saturated rings. The summed E-state index contributed by atoms with van der Waals surface area (Å²) < 4.78 is 32.7. The van der Waals surface area contributed by atoms with Gasteiger partial charge in [0.1, 0.15) is 17.4 Å². The molecule has 3 rings (SSSR count). The molecule has 0 atom stereocenters. The third-order valence-corrected chi connectivity index (χ3v) is 4.07.